The lowest BCUT2D eigenvalue weighted by Gasteiger charge is -2.15. The van der Waals surface area contributed by atoms with Gasteiger partial charge in [0.1, 0.15) is 5.75 Å². The Morgan fingerprint density at radius 1 is 1.29 bits per heavy atom. The largest absolute Gasteiger partial charge is 0.494 e. The molecule has 1 unspecified atom stereocenters. The quantitative estimate of drug-likeness (QED) is 0.795. The van der Waals surface area contributed by atoms with Gasteiger partial charge in [-0.3, -0.25) is 0 Å². The Morgan fingerprint density at radius 2 is 2.19 bits per heavy atom. The fourth-order valence-electron chi connectivity index (χ4n) is 3.19. The molecule has 3 nitrogen and oxygen atoms in total. The van der Waals surface area contributed by atoms with Crippen molar-refractivity contribution in [2.45, 2.75) is 45.2 Å². The first-order chi connectivity index (χ1) is 10.3. The number of likely N-dealkylation sites (tertiary alicyclic amines) is 1. The van der Waals surface area contributed by atoms with Crippen molar-refractivity contribution >= 4 is 0 Å². The van der Waals surface area contributed by atoms with Gasteiger partial charge in [-0.05, 0) is 62.4 Å². The second-order valence-electron chi connectivity index (χ2n) is 6.51. The normalized spacial score (nSPS) is 22.6. The summed E-state index contributed by atoms with van der Waals surface area (Å²) in [6, 6.07) is 9.41. The van der Waals surface area contributed by atoms with Crippen LogP contribution in [-0.2, 0) is 6.54 Å². The highest BCUT2D eigenvalue weighted by molar-refractivity contribution is 5.28. The van der Waals surface area contributed by atoms with E-state index >= 15 is 0 Å². The van der Waals surface area contributed by atoms with E-state index in [1.807, 2.05) is 6.07 Å². The predicted octanol–water partition coefficient (Wildman–Crippen LogP) is 3.05. The summed E-state index contributed by atoms with van der Waals surface area (Å²) in [5.41, 5.74) is 1.32. The molecule has 0 bridgehead atoms. The molecule has 0 spiro atoms. The van der Waals surface area contributed by atoms with Gasteiger partial charge in [0, 0.05) is 19.1 Å². The summed E-state index contributed by atoms with van der Waals surface area (Å²) in [5, 5.41) is 3.62. The Kier molecular flexibility index (Phi) is 5.15. The van der Waals surface area contributed by atoms with Crippen LogP contribution in [0.1, 0.15) is 38.2 Å². The van der Waals surface area contributed by atoms with E-state index in [-0.39, 0.29) is 0 Å². The third kappa shape index (κ3) is 4.45. The molecule has 0 aromatic heterocycles. The minimum Gasteiger partial charge on any atom is -0.494 e. The van der Waals surface area contributed by atoms with Crippen molar-refractivity contribution in [3.63, 3.8) is 0 Å². The van der Waals surface area contributed by atoms with Crippen LogP contribution >= 0.6 is 0 Å². The zero-order valence-corrected chi connectivity index (χ0v) is 13.2. The van der Waals surface area contributed by atoms with E-state index in [4.69, 9.17) is 4.74 Å². The topological polar surface area (TPSA) is 24.5 Å². The molecular weight excluding hydrogens is 260 g/mol. The van der Waals surface area contributed by atoms with Crippen LogP contribution in [0.25, 0.3) is 0 Å². The van der Waals surface area contributed by atoms with Crippen molar-refractivity contribution in [3.8, 4) is 5.75 Å². The van der Waals surface area contributed by atoms with Gasteiger partial charge in [0.05, 0.1) is 6.61 Å². The zero-order chi connectivity index (χ0) is 14.5. The molecule has 1 atom stereocenters. The van der Waals surface area contributed by atoms with Gasteiger partial charge in [-0.1, -0.05) is 19.1 Å². The highest BCUT2D eigenvalue weighted by atomic mass is 16.5. The number of rotatable bonds is 8. The van der Waals surface area contributed by atoms with E-state index in [0.29, 0.717) is 0 Å². The summed E-state index contributed by atoms with van der Waals surface area (Å²) >= 11 is 0. The van der Waals surface area contributed by atoms with Gasteiger partial charge in [0.15, 0.2) is 0 Å². The van der Waals surface area contributed by atoms with Crippen LogP contribution in [0.3, 0.4) is 0 Å². The first-order valence-corrected chi connectivity index (χ1v) is 8.51. The fraction of sp³-hybridized carbons (Fsp3) is 0.667. The van der Waals surface area contributed by atoms with Gasteiger partial charge in [-0.2, -0.15) is 0 Å². The number of ether oxygens (including phenoxy) is 1. The summed E-state index contributed by atoms with van der Waals surface area (Å²) < 4.78 is 5.69. The Morgan fingerprint density at radius 3 is 3.00 bits per heavy atom. The van der Waals surface area contributed by atoms with Gasteiger partial charge < -0.3 is 15.0 Å². The molecule has 21 heavy (non-hydrogen) atoms. The third-order valence-electron chi connectivity index (χ3n) is 4.51. The van der Waals surface area contributed by atoms with Gasteiger partial charge >= 0.3 is 0 Å². The van der Waals surface area contributed by atoms with E-state index in [9.17, 15) is 0 Å². The average molecular weight is 288 g/mol. The smallest absolute Gasteiger partial charge is 0.119 e. The molecule has 1 aromatic rings. The summed E-state index contributed by atoms with van der Waals surface area (Å²) in [6.07, 6.45) is 5.29. The van der Waals surface area contributed by atoms with Crippen molar-refractivity contribution in [3.05, 3.63) is 29.8 Å². The lowest BCUT2D eigenvalue weighted by molar-refractivity contribution is 0.311. The van der Waals surface area contributed by atoms with E-state index < -0.39 is 0 Å². The van der Waals surface area contributed by atoms with Crippen molar-refractivity contribution in [1.29, 1.82) is 0 Å². The number of nitrogens with one attached hydrogen (secondary N) is 1. The molecule has 1 heterocycles. The molecule has 1 saturated heterocycles. The van der Waals surface area contributed by atoms with E-state index in [2.05, 4.69) is 35.3 Å². The van der Waals surface area contributed by atoms with Gasteiger partial charge in [0.2, 0.25) is 0 Å². The Hall–Kier alpha value is -1.06. The summed E-state index contributed by atoms with van der Waals surface area (Å²) in [5.74, 6) is 1.84. The van der Waals surface area contributed by atoms with Crippen LogP contribution in [0.4, 0.5) is 0 Å². The Balaban J connectivity index is 1.38. The zero-order valence-electron chi connectivity index (χ0n) is 13.2. The van der Waals surface area contributed by atoms with E-state index in [0.717, 1.165) is 43.8 Å². The predicted molar refractivity (Wildman–Crippen MR) is 86.6 cm³/mol. The van der Waals surface area contributed by atoms with Crippen LogP contribution in [0.15, 0.2) is 24.3 Å². The molecule has 1 saturated carbocycles. The molecule has 3 rings (SSSR count). The lowest BCUT2D eigenvalue weighted by atomic mass is 10.1. The summed E-state index contributed by atoms with van der Waals surface area (Å²) in [4.78, 5) is 2.69. The molecule has 3 heteroatoms. The molecule has 2 aliphatic rings. The van der Waals surface area contributed by atoms with Gasteiger partial charge in [-0.25, -0.2) is 0 Å². The van der Waals surface area contributed by atoms with Crippen LogP contribution in [0.5, 0.6) is 5.75 Å². The van der Waals surface area contributed by atoms with Gasteiger partial charge in [-0.15, -0.1) is 0 Å². The molecule has 1 aliphatic heterocycles. The van der Waals surface area contributed by atoms with Crippen LogP contribution in [0, 0.1) is 5.92 Å². The number of benzene rings is 1. The SMILES string of the molecule is CCCOc1cccc(CNCC2CCN(C3CC3)C2)c1. The highest BCUT2D eigenvalue weighted by Crippen LogP contribution is 2.31. The van der Waals surface area contributed by atoms with E-state index in [1.54, 1.807) is 0 Å². The second kappa shape index (κ2) is 7.28. The van der Waals surface area contributed by atoms with Crippen LogP contribution < -0.4 is 10.1 Å². The maximum atomic E-state index is 5.69. The molecular formula is C18H28N2O. The minimum atomic E-state index is 0.802. The highest BCUT2D eigenvalue weighted by Gasteiger charge is 2.33. The summed E-state index contributed by atoms with van der Waals surface area (Å²) in [7, 11) is 0. The maximum absolute atomic E-state index is 5.69. The number of hydrogen-bond donors (Lipinski definition) is 1. The van der Waals surface area contributed by atoms with Gasteiger partial charge in [0.25, 0.3) is 0 Å². The maximum Gasteiger partial charge on any atom is 0.119 e. The molecule has 0 radical (unpaired) electrons. The van der Waals surface area contributed by atoms with Crippen molar-refractivity contribution in [2.24, 2.45) is 5.92 Å². The Labute approximate surface area is 128 Å². The first-order valence-electron chi connectivity index (χ1n) is 8.51. The van der Waals surface area contributed by atoms with Crippen LogP contribution in [0.2, 0.25) is 0 Å². The van der Waals surface area contributed by atoms with Crippen LogP contribution in [-0.4, -0.2) is 37.2 Å². The fourth-order valence-corrected chi connectivity index (χ4v) is 3.19. The van der Waals surface area contributed by atoms with E-state index in [1.165, 1.54) is 37.9 Å². The molecule has 1 aromatic carbocycles. The average Bonchev–Trinajstić information content (AvgIpc) is 3.25. The standard InChI is InChI=1S/C18H28N2O/c1-2-10-21-18-5-3-4-15(11-18)12-19-13-16-8-9-20(14-16)17-6-7-17/h3-5,11,16-17,19H,2,6-10,12-14H2,1H3. The number of nitrogens with zero attached hydrogens (tertiary/aromatic N) is 1. The second-order valence-corrected chi connectivity index (χ2v) is 6.51. The monoisotopic (exact) mass is 288 g/mol. The molecule has 2 fully saturated rings. The third-order valence-corrected chi connectivity index (χ3v) is 4.51. The summed E-state index contributed by atoms with van der Waals surface area (Å²) in [6.45, 7) is 7.65. The number of hydrogen-bond acceptors (Lipinski definition) is 3. The molecule has 0 amide bonds. The molecule has 1 N–H and O–H groups in total. The van der Waals surface area contributed by atoms with Crippen molar-refractivity contribution < 1.29 is 4.74 Å². The minimum absolute atomic E-state index is 0.802. The lowest BCUT2D eigenvalue weighted by Crippen LogP contribution is -2.27. The molecule has 116 valence electrons. The van der Waals surface area contributed by atoms with Crippen molar-refractivity contribution in [2.75, 3.05) is 26.2 Å². The molecule has 1 aliphatic carbocycles. The van der Waals surface area contributed by atoms with Crippen molar-refractivity contribution in [1.82, 2.24) is 10.2 Å². The Bertz CT molecular complexity index is 445. The first kappa shape index (κ1) is 14.9.